The summed E-state index contributed by atoms with van der Waals surface area (Å²) in [5.74, 6) is 1.33. The Bertz CT molecular complexity index is 866. The topological polar surface area (TPSA) is 106 Å². The minimum atomic E-state index is -0.509. The summed E-state index contributed by atoms with van der Waals surface area (Å²) < 4.78 is 26.7. The molecule has 0 aliphatic carbocycles. The van der Waals surface area contributed by atoms with E-state index in [1.807, 2.05) is 6.92 Å². The van der Waals surface area contributed by atoms with E-state index in [1.165, 1.54) is 12.1 Å². The third kappa shape index (κ3) is 5.58. The monoisotopic (exact) mass is 403 g/mol. The summed E-state index contributed by atoms with van der Waals surface area (Å²) in [6.45, 7) is 2.74. The number of nitrogens with zero attached hydrogens (tertiary/aromatic N) is 1. The summed E-state index contributed by atoms with van der Waals surface area (Å²) in [7, 11) is 0. The summed E-state index contributed by atoms with van der Waals surface area (Å²) in [6, 6.07) is 9.81. The largest absolute Gasteiger partial charge is 0.494 e. The first-order chi connectivity index (χ1) is 14.1. The van der Waals surface area contributed by atoms with Crippen molar-refractivity contribution in [3.05, 3.63) is 57.6 Å². The fraction of sp³-hybridized carbons (Fsp3) is 0.350. The first kappa shape index (κ1) is 20.4. The molecule has 9 nitrogen and oxygen atoms in total. The maximum atomic E-state index is 12.0. The minimum absolute atomic E-state index is 0.0360. The molecule has 9 heteroatoms. The van der Waals surface area contributed by atoms with Crippen LogP contribution < -0.4 is 14.2 Å². The van der Waals surface area contributed by atoms with Gasteiger partial charge in [0.05, 0.1) is 31.2 Å². The summed E-state index contributed by atoms with van der Waals surface area (Å²) in [5.41, 5.74) is 0.872. The van der Waals surface area contributed by atoms with Crippen molar-refractivity contribution in [2.75, 3.05) is 20.0 Å². The highest BCUT2D eigenvalue weighted by atomic mass is 16.7. The molecule has 154 valence electrons. The number of hydrogen-bond donors (Lipinski definition) is 0. The molecule has 0 N–H and O–H groups in total. The van der Waals surface area contributed by atoms with Gasteiger partial charge in [-0.05, 0) is 31.2 Å². The Morgan fingerprint density at radius 3 is 2.59 bits per heavy atom. The summed E-state index contributed by atoms with van der Waals surface area (Å²) in [4.78, 5) is 22.6. The number of benzene rings is 2. The third-order valence-corrected chi connectivity index (χ3v) is 4.08. The molecule has 0 fully saturated rings. The number of carbonyl (C=O) groups excluding carboxylic acids is 1. The summed E-state index contributed by atoms with van der Waals surface area (Å²) in [5, 5.41) is 11.1. The molecule has 0 bridgehead atoms. The van der Waals surface area contributed by atoms with Crippen molar-refractivity contribution in [2.24, 2.45) is 0 Å². The minimum Gasteiger partial charge on any atom is -0.494 e. The van der Waals surface area contributed by atoms with E-state index in [2.05, 4.69) is 0 Å². The van der Waals surface area contributed by atoms with Gasteiger partial charge in [-0.25, -0.2) is 0 Å². The number of fused-ring (bicyclic) bond motifs is 1. The molecule has 0 amide bonds. The van der Waals surface area contributed by atoms with E-state index in [-0.39, 0.29) is 38.7 Å². The van der Waals surface area contributed by atoms with Crippen LogP contribution in [0.1, 0.15) is 24.5 Å². The zero-order valence-electron chi connectivity index (χ0n) is 15.9. The Kier molecular flexibility index (Phi) is 6.85. The lowest BCUT2D eigenvalue weighted by molar-refractivity contribution is -0.385. The predicted octanol–water partition coefficient (Wildman–Crippen LogP) is 3.37. The molecule has 0 atom stereocenters. The quantitative estimate of drug-likeness (QED) is 0.356. The van der Waals surface area contributed by atoms with Crippen molar-refractivity contribution in [2.45, 2.75) is 26.6 Å². The van der Waals surface area contributed by atoms with E-state index in [0.29, 0.717) is 29.2 Å². The van der Waals surface area contributed by atoms with Crippen LogP contribution in [0.15, 0.2) is 36.4 Å². The van der Waals surface area contributed by atoms with E-state index in [1.54, 1.807) is 24.3 Å². The van der Waals surface area contributed by atoms with Crippen LogP contribution >= 0.6 is 0 Å². The standard InChI is InChI=1S/C20H21NO8/c1-2-26-17-3-5-18(6-4-17)27-8-7-19(22)28-12-15-10-16(21(23)24)9-14-11-25-13-29-20(14)15/h3-6,9-10H,2,7-8,11-13H2,1H3. The highest BCUT2D eigenvalue weighted by Gasteiger charge is 2.21. The van der Waals surface area contributed by atoms with Crippen LogP contribution in [0.25, 0.3) is 0 Å². The van der Waals surface area contributed by atoms with Gasteiger partial charge in [-0.1, -0.05) is 0 Å². The molecule has 0 spiro atoms. The Morgan fingerprint density at radius 1 is 1.17 bits per heavy atom. The van der Waals surface area contributed by atoms with Gasteiger partial charge in [0.2, 0.25) is 0 Å². The zero-order chi connectivity index (χ0) is 20.6. The van der Waals surface area contributed by atoms with Crippen LogP contribution in [0.2, 0.25) is 0 Å². The summed E-state index contributed by atoms with van der Waals surface area (Å²) in [6.07, 6.45) is 0.0360. The molecule has 0 aromatic heterocycles. The second-order valence-electron chi connectivity index (χ2n) is 6.12. The lowest BCUT2D eigenvalue weighted by Crippen LogP contribution is -2.15. The Morgan fingerprint density at radius 2 is 1.90 bits per heavy atom. The number of rotatable bonds is 9. The molecule has 3 rings (SSSR count). The number of carbonyl (C=O) groups is 1. The number of non-ortho nitro benzene ring substituents is 1. The first-order valence-corrected chi connectivity index (χ1v) is 9.09. The van der Waals surface area contributed by atoms with Gasteiger partial charge >= 0.3 is 5.97 Å². The van der Waals surface area contributed by atoms with Crippen molar-refractivity contribution in [1.29, 1.82) is 0 Å². The molecular weight excluding hydrogens is 382 g/mol. The van der Waals surface area contributed by atoms with Crippen molar-refractivity contribution in [1.82, 2.24) is 0 Å². The molecule has 2 aromatic carbocycles. The van der Waals surface area contributed by atoms with Crippen LogP contribution in [0.4, 0.5) is 5.69 Å². The van der Waals surface area contributed by atoms with Crippen molar-refractivity contribution >= 4 is 11.7 Å². The van der Waals surface area contributed by atoms with Crippen molar-refractivity contribution < 1.29 is 33.4 Å². The van der Waals surface area contributed by atoms with Gasteiger partial charge < -0.3 is 23.7 Å². The maximum Gasteiger partial charge on any atom is 0.309 e. The smallest absolute Gasteiger partial charge is 0.309 e. The van der Waals surface area contributed by atoms with Gasteiger partial charge in [-0.15, -0.1) is 0 Å². The number of ether oxygens (including phenoxy) is 5. The molecule has 1 aliphatic rings. The Hall–Kier alpha value is -3.33. The normalized spacial score (nSPS) is 12.4. The van der Waals surface area contributed by atoms with E-state index in [4.69, 9.17) is 23.7 Å². The van der Waals surface area contributed by atoms with Gasteiger partial charge in [0, 0.05) is 23.3 Å². The second-order valence-corrected chi connectivity index (χ2v) is 6.12. The average Bonchev–Trinajstić information content (AvgIpc) is 2.73. The van der Waals surface area contributed by atoms with Crippen LogP contribution in [-0.4, -0.2) is 30.9 Å². The predicted molar refractivity (Wildman–Crippen MR) is 101 cm³/mol. The van der Waals surface area contributed by atoms with Gasteiger partial charge in [0.1, 0.15) is 23.9 Å². The van der Waals surface area contributed by atoms with Crippen LogP contribution in [0, 0.1) is 10.1 Å². The third-order valence-electron chi connectivity index (χ3n) is 4.08. The highest BCUT2D eigenvalue weighted by Crippen LogP contribution is 2.33. The Labute approximate surface area is 167 Å². The number of esters is 1. The van der Waals surface area contributed by atoms with Crippen molar-refractivity contribution in [3.8, 4) is 17.2 Å². The average molecular weight is 403 g/mol. The van der Waals surface area contributed by atoms with Gasteiger partial charge in [0.15, 0.2) is 6.79 Å². The lowest BCUT2D eigenvalue weighted by atomic mass is 10.1. The van der Waals surface area contributed by atoms with Gasteiger partial charge in [0.25, 0.3) is 5.69 Å². The molecule has 0 unspecified atom stereocenters. The number of nitro benzene ring substituents is 1. The SMILES string of the molecule is CCOc1ccc(OCCC(=O)OCc2cc([N+](=O)[O-])cc3c2OCOC3)cc1. The highest BCUT2D eigenvalue weighted by molar-refractivity contribution is 5.69. The van der Waals surface area contributed by atoms with E-state index < -0.39 is 10.9 Å². The number of nitro groups is 1. The van der Waals surface area contributed by atoms with Crippen molar-refractivity contribution in [3.63, 3.8) is 0 Å². The molecule has 0 saturated heterocycles. The van der Waals surface area contributed by atoms with E-state index in [9.17, 15) is 14.9 Å². The molecule has 29 heavy (non-hydrogen) atoms. The fourth-order valence-corrected chi connectivity index (χ4v) is 2.77. The first-order valence-electron chi connectivity index (χ1n) is 9.09. The van der Waals surface area contributed by atoms with Gasteiger partial charge in [-0.2, -0.15) is 0 Å². The van der Waals surface area contributed by atoms with Crippen LogP contribution in [-0.2, 0) is 27.5 Å². The fourth-order valence-electron chi connectivity index (χ4n) is 2.77. The van der Waals surface area contributed by atoms with E-state index >= 15 is 0 Å². The second kappa shape index (κ2) is 9.74. The summed E-state index contributed by atoms with van der Waals surface area (Å²) >= 11 is 0. The molecular formula is C20H21NO8. The Balaban J connectivity index is 1.51. The molecule has 2 aromatic rings. The van der Waals surface area contributed by atoms with Crippen LogP contribution in [0.3, 0.4) is 0 Å². The maximum absolute atomic E-state index is 12.0. The van der Waals surface area contributed by atoms with Gasteiger partial charge in [-0.3, -0.25) is 14.9 Å². The lowest BCUT2D eigenvalue weighted by Gasteiger charge is -2.20. The number of hydrogen-bond acceptors (Lipinski definition) is 8. The molecule has 1 aliphatic heterocycles. The van der Waals surface area contributed by atoms with Crippen LogP contribution in [0.5, 0.6) is 17.2 Å². The molecule has 1 heterocycles. The molecule has 0 radical (unpaired) electrons. The zero-order valence-corrected chi connectivity index (χ0v) is 15.9. The van der Waals surface area contributed by atoms with E-state index in [0.717, 1.165) is 5.75 Å². The molecule has 0 saturated carbocycles.